The highest BCUT2D eigenvalue weighted by atomic mass is 35.5. The lowest BCUT2D eigenvalue weighted by atomic mass is 10.3. The fraction of sp³-hybridized carbons (Fsp3) is 0.538. The Labute approximate surface area is 126 Å². The van der Waals surface area contributed by atoms with Crippen LogP contribution >= 0.6 is 11.6 Å². The maximum atomic E-state index is 5.89. The van der Waals surface area contributed by atoms with Crippen LogP contribution in [-0.2, 0) is 26.4 Å². The summed E-state index contributed by atoms with van der Waals surface area (Å²) in [5.41, 5.74) is 2.87. The molecule has 0 bridgehead atoms. The van der Waals surface area contributed by atoms with E-state index in [0.29, 0.717) is 24.0 Å². The smallest absolute Gasteiger partial charge is 0.223 e. The molecule has 0 aliphatic rings. The molecule has 0 aliphatic heterocycles. The molecule has 3 rings (SSSR count). The van der Waals surface area contributed by atoms with Gasteiger partial charge in [-0.3, -0.25) is 4.68 Å². The molecule has 0 spiro atoms. The molecule has 0 fully saturated rings. The fourth-order valence-electron chi connectivity index (χ4n) is 2.54. The summed E-state index contributed by atoms with van der Waals surface area (Å²) in [5.74, 6) is 2.79. The van der Waals surface area contributed by atoms with E-state index in [2.05, 4.69) is 24.8 Å². The number of fused-ring (bicyclic) bond motifs is 1. The molecule has 0 unspecified atom stereocenters. The van der Waals surface area contributed by atoms with Crippen LogP contribution in [-0.4, -0.2) is 35.4 Å². The van der Waals surface area contributed by atoms with Gasteiger partial charge >= 0.3 is 0 Å². The van der Waals surface area contributed by atoms with Crippen molar-refractivity contribution in [1.29, 1.82) is 0 Å². The Bertz CT molecular complexity index is 771. The zero-order valence-corrected chi connectivity index (χ0v) is 13.1. The minimum absolute atomic E-state index is 0.539. The minimum Gasteiger partial charge on any atom is -0.340 e. The summed E-state index contributed by atoms with van der Waals surface area (Å²) in [5, 5.41) is 8.35. The van der Waals surface area contributed by atoms with E-state index in [1.165, 1.54) is 0 Å². The number of halogens is 1. The molecule has 3 aromatic heterocycles. The molecule has 0 saturated carbocycles. The van der Waals surface area contributed by atoms with Gasteiger partial charge in [-0.1, -0.05) is 5.16 Å². The standard InChI is InChI=1S/C13H17ClN6O/c1-8-12-13(19(3)17-8)20(11(16-12)4-6-14)7-5-10-15-9(2)21-18-10/h4-7H2,1-3H3. The number of aryl methyl sites for hydroxylation is 6. The molecule has 0 aliphatic carbocycles. The Kier molecular flexibility index (Phi) is 3.67. The SMILES string of the molecule is Cc1nc(CCn2c(CCCl)nc3c(C)nn(C)c32)no1. The van der Waals surface area contributed by atoms with Gasteiger partial charge in [0.2, 0.25) is 5.89 Å². The summed E-state index contributed by atoms with van der Waals surface area (Å²) >= 11 is 5.89. The summed E-state index contributed by atoms with van der Waals surface area (Å²) < 4.78 is 9.00. The molecule has 0 atom stereocenters. The van der Waals surface area contributed by atoms with Gasteiger partial charge < -0.3 is 9.09 Å². The summed E-state index contributed by atoms with van der Waals surface area (Å²) in [4.78, 5) is 8.90. The molecule has 3 heterocycles. The van der Waals surface area contributed by atoms with Crippen molar-refractivity contribution in [3.8, 4) is 0 Å². The van der Waals surface area contributed by atoms with Crippen LogP contribution in [0.4, 0.5) is 0 Å². The van der Waals surface area contributed by atoms with E-state index in [1.54, 1.807) is 6.92 Å². The van der Waals surface area contributed by atoms with Gasteiger partial charge in [0.15, 0.2) is 11.5 Å². The van der Waals surface area contributed by atoms with Crippen LogP contribution in [0.2, 0.25) is 0 Å². The molecule has 21 heavy (non-hydrogen) atoms. The van der Waals surface area contributed by atoms with Crippen molar-refractivity contribution in [1.82, 2.24) is 29.5 Å². The Morgan fingerprint density at radius 2 is 2.00 bits per heavy atom. The van der Waals surface area contributed by atoms with Crippen molar-refractivity contribution in [2.24, 2.45) is 7.05 Å². The average Bonchev–Trinajstić information content (AvgIpc) is 3.07. The van der Waals surface area contributed by atoms with Crippen molar-refractivity contribution >= 4 is 22.8 Å². The van der Waals surface area contributed by atoms with E-state index >= 15 is 0 Å². The summed E-state index contributed by atoms with van der Waals surface area (Å²) in [7, 11) is 1.93. The second kappa shape index (κ2) is 5.48. The fourth-order valence-corrected chi connectivity index (χ4v) is 2.71. The lowest BCUT2D eigenvalue weighted by Crippen LogP contribution is -2.10. The minimum atomic E-state index is 0.539. The first-order chi connectivity index (χ1) is 10.1. The lowest BCUT2D eigenvalue weighted by Gasteiger charge is -2.07. The third-order valence-corrected chi connectivity index (χ3v) is 3.60. The largest absolute Gasteiger partial charge is 0.340 e. The number of imidazole rings is 1. The molecular weight excluding hydrogens is 292 g/mol. The molecule has 0 amide bonds. The van der Waals surface area contributed by atoms with E-state index in [9.17, 15) is 0 Å². The van der Waals surface area contributed by atoms with E-state index < -0.39 is 0 Å². The van der Waals surface area contributed by atoms with Gasteiger partial charge in [-0.15, -0.1) is 11.6 Å². The molecular formula is C13H17ClN6O. The molecule has 112 valence electrons. The zero-order chi connectivity index (χ0) is 15.0. The summed E-state index contributed by atoms with van der Waals surface area (Å²) in [6, 6.07) is 0. The van der Waals surface area contributed by atoms with Crippen LogP contribution in [0.1, 0.15) is 23.2 Å². The maximum absolute atomic E-state index is 5.89. The van der Waals surface area contributed by atoms with Gasteiger partial charge in [-0.05, 0) is 6.92 Å². The first-order valence-electron chi connectivity index (χ1n) is 6.84. The van der Waals surface area contributed by atoms with Gasteiger partial charge in [-0.25, -0.2) is 4.98 Å². The first-order valence-corrected chi connectivity index (χ1v) is 7.37. The Morgan fingerprint density at radius 3 is 2.67 bits per heavy atom. The maximum Gasteiger partial charge on any atom is 0.223 e. The van der Waals surface area contributed by atoms with E-state index in [0.717, 1.165) is 35.6 Å². The average molecular weight is 309 g/mol. The molecule has 0 saturated heterocycles. The zero-order valence-electron chi connectivity index (χ0n) is 12.3. The van der Waals surface area contributed by atoms with Crippen LogP contribution in [0, 0.1) is 13.8 Å². The summed E-state index contributed by atoms with van der Waals surface area (Å²) in [6.45, 7) is 4.47. The topological polar surface area (TPSA) is 74.6 Å². The highest BCUT2D eigenvalue weighted by molar-refractivity contribution is 6.17. The third-order valence-electron chi connectivity index (χ3n) is 3.42. The van der Waals surface area contributed by atoms with Gasteiger partial charge in [0.1, 0.15) is 11.3 Å². The van der Waals surface area contributed by atoms with Crippen molar-refractivity contribution in [2.45, 2.75) is 33.2 Å². The van der Waals surface area contributed by atoms with Gasteiger partial charge in [0.25, 0.3) is 0 Å². The van der Waals surface area contributed by atoms with Crippen LogP contribution < -0.4 is 0 Å². The molecule has 3 aromatic rings. The highest BCUT2D eigenvalue weighted by Gasteiger charge is 2.17. The highest BCUT2D eigenvalue weighted by Crippen LogP contribution is 2.20. The van der Waals surface area contributed by atoms with Gasteiger partial charge in [-0.2, -0.15) is 10.1 Å². The number of nitrogens with zero attached hydrogens (tertiary/aromatic N) is 6. The van der Waals surface area contributed by atoms with Crippen molar-refractivity contribution in [3.05, 3.63) is 23.2 Å². The van der Waals surface area contributed by atoms with Crippen molar-refractivity contribution in [2.75, 3.05) is 5.88 Å². The quantitative estimate of drug-likeness (QED) is 0.672. The molecule has 8 heteroatoms. The number of rotatable bonds is 5. The number of hydrogen-bond acceptors (Lipinski definition) is 5. The second-order valence-electron chi connectivity index (χ2n) is 4.98. The van der Waals surface area contributed by atoms with Gasteiger partial charge in [0, 0.05) is 39.2 Å². The first kappa shape index (κ1) is 14.1. The van der Waals surface area contributed by atoms with Crippen LogP contribution in [0.25, 0.3) is 11.2 Å². The Balaban J connectivity index is 1.96. The summed E-state index contributed by atoms with van der Waals surface area (Å²) in [6.07, 6.45) is 1.41. The number of alkyl halides is 1. The molecule has 0 radical (unpaired) electrons. The van der Waals surface area contributed by atoms with Crippen LogP contribution in [0.15, 0.2) is 4.52 Å². The molecule has 7 nitrogen and oxygen atoms in total. The van der Waals surface area contributed by atoms with E-state index in [-0.39, 0.29) is 0 Å². The van der Waals surface area contributed by atoms with Crippen LogP contribution in [0.3, 0.4) is 0 Å². The predicted molar refractivity (Wildman–Crippen MR) is 78.4 cm³/mol. The van der Waals surface area contributed by atoms with E-state index in [1.807, 2.05) is 18.7 Å². The number of hydrogen-bond donors (Lipinski definition) is 0. The predicted octanol–water partition coefficient (Wildman–Crippen LogP) is 1.79. The van der Waals surface area contributed by atoms with E-state index in [4.69, 9.17) is 16.1 Å². The Morgan fingerprint density at radius 1 is 1.19 bits per heavy atom. The normalized spacial score (nSPS) is 11.6. The monoisotopic (exact) mass is 308 g/mol. The number of aromatic nitrogens is 6. The lowest BCUT2D eigenvalue weighted by molar-refractivity contribution is 0.386. The van der Waals surface area contributed by atoms with Crippen LogP contribution in [0.5, 0.6) is 0 Å². The molecule has 0 N–H and O–H groups in total. The van der Waals surface area contributed by atoms with Gasteiger partial charge in [0.05, 0.1) is 5.69 Å². The molecule has 0 aromatic carbocycles. The third kappa shape index (κ3) is 2.53. The van der Waals surface area contributed by atoms with Crippen molar-refractivity contribution < 1.29 is 4.52 Å². The second-order valence-corrected chi connectivity index (χ2v) is 5.36. The Hall–Kier alpha value is -1.89. The van der Waals surface area contributed by atoms with Crippen molar-refractivity contribution in [3.63, 3.8) is 0 Å².